The molecule has 2 saturated heterocycles. The molecule has 0 unspecified atom stereocenters. The van der Waals surface area contributed by atoms with Gasteiger partial charge in [-0.2, -0.15) is 0 Å². The third-order valence-corrected chi connectivity index (χ3v) is 3.12. The van der Waals surface area contributed by atoms with E-state index < -0.39 is 0 Å². The van der Waals surface area contributed by atoms with Gasteiger partial charge in [0.05, 0.1) is 19.3 Å². The van der Waals surface area contributed by atoms with E-state index in [0.717, 1.165) is 39.5 Å². The summed E-state index contributed by atoms with van der Waals surface area (Å²) in [7, 11) is 0. The van der Waals surface area contributed by atoms with Crippen LogP contribution in [-0.2, 0) is 9.47 Å². The Balaban J connectivity index is 1.84. The predicted molar refractivity (Wildman–Crippen MR) is 50.8 cm³/mol. The maximum atomic E-state index is 5.77. The third-order valence-electron chi connectivity index (χ3n) is 3.12. The van der Waals surface area contributed by atoms with Gasteiger partial charge in [0.1, 0.15) is 0 Å². The topological polar surface area (TPSA) is 21.7 Å². The summed E-state index contributed by atoms with van der Waals surface area (Å²) in [6.07, 6.45) is 1.61. The monoisotopic (exact) mass is 185 g/mol. The Bertz CT molecular complexity index is 157. The van der Waals surface area contributed by atoms with Crippen LogP contribution in [0.2, 0.25) is 0 Å². The second-order valence-corrected chi connectivity index (χ2v) is 3.93. The minimum atomic E-state index is 0.427. The highest BCUT2D eigenvalue weighted by Crippen LogP contribution is 2.21. The number of hydrogen-bond donors (Lipinski definition) is 0. The molecule has 0 aromatic heterocycles. The van der Waals surface area contributed by atoms with E-state index in [4.69, 9.17) is 9.47 Å². The van der Waals surface area contributed by atoms with Crippen molar-refractivity contribution in [1.82, 2.24) is 4.90 Å². The van der Waals surface area contributed by atoms with E-state index in [1.54, 1.807) is 0 Å². The molecule has 3 nitrogen and oxygen atoms in total. The molecule has 0 aromatic rings. The molecule has 0 spiro atoms. The van der Waals surface area contributed by atoms with E-state index in [9.17, 15) is 0 Å². The first kappa shape index (κ1) is 9.44. The molecule has 2 aliphatic heterocycles. The number of morpholine rings is 1. The van der Waals surface area contributed by atoms with Crippen molar-refractivity contribution in [3.8, 4) is 0 Å². The average molecular weight is 185 g/mol. The van der Waals surface area contributed by atoms with Gasteiger partial charge in [0.15, 0.2) is 0 Å². The molecule has 2 heterocycles. The maximum absolute atomic E-state index is 5.77. The van der Waals surface area contributed by atoms with Gasteiger partial charge in [0.2, 0.25) is 0 Å². The van der Waals surface area contributed by atoms with Crippen LogP contribution >= 0.6 is 0 Å². The minimum Gasteiger partial charge on any atom is -0.381 e. The van der Waals surface area contributed by atoms with Crippen molar-refractivity contribution in [3.63, 3.8) is 0 Å². The van der Waals surface area contributed by atoms with E-state index in [2.05, 4.69) is 11.8 Å². The van der Waals surface area contributed by atoms with Gasteiger partial charge < -0.3 is 9.47 Å². The summed E-state index contributed by atoms with van der Waals surface area (Å²) < 4.78 is 11.2. The number of likely N-dealkylation sites (N-methyl/N-ethyl adjacent to an activating group) is 1. The zero-order valence-electron chi connectivity index (χ0n) is 8.37. The zero-order valence-corrected chi connectivity index (χ0v) is 8.37. The van der Waals surface area contributed by atoms with Gasteiger partial charge in [0.25, 0.3) is 0 Å². The number of hydrogen-bond acceptors (Lipinski definition) is 3. The zero-order chi connectivity index (χ0) is 9.10. The predicted octanol–water partition coefficient (Wildman–Crippen LogP) is 0.744. The van der Waals surface area contributed by atoms with Crippen LogP contribution in [0, 0.1) is 5.92 Å². The van der Waals surface area contributed by atoms with Crippen LogP contribution in [0.15, 0.2) is 0 Å². The molecule has 2 atom stereocenters. The molecule has 2 aliphatic rings. The highest BCUT2D eigenvalue weighted by molar-refractivity contribution is 4.79. The van der Waals surface area contributed by atoms with Crippen LogP contribution in [0.3, 0.4) is 0 Å². The van der Waals surface area contributed by atoms with Crippen molar-refractivity contribution in [3.05, 3.63) is 0 Å². The molecule has 0 aromatic carbocycles. The Labute approximate surface area is 80.0 Å². The second kappa shape index (κ2) is 4.40. The van der Waals surface area contributed by atoms with Crippen LogP contribution in [0.1, 0.15) is 13.3 Å². The largest absolute Gasteiger partial charge is 0.381 e. The van der Waals surface area contributed by atoms with Crippen LogP contribution in [0.4, 0.5) is 0 Å². The Kier molecular flexibility index (Phi) is 3.19. The van der Waals surface area contributed by atoms with Crippen molar-refractivity contribution >= 4 is 0 Å². The fourth-order valence-electron chi connectivity index (χ4n) is 2.15. The molecule has 0 N–H and O–H groups in total. The summed E-state index contributed by atoms with van der Waals surface area (Å²) in [5, 5.41) is 0. The fraction of sp³-hybridized carbons (Fsp3) is 1.00. The lowest BCUT2D eigenvalue weighted by molar-refractivity contribution is -0.0569. The van der Waals surface area contributed by atoms with Gasteiger partial charge in [-0.3, -0.25) is 4.90 Å². The van der Waals surface area contributed by atoms with Crippen molar-refractivity contribution in [2.24, 2.45) is 5.92 Å². The van der Waals surface area contributed by atoms with E-state index in [0.29, 0.717) is 12.0 Å². The van der Waals surface area contributed by atoms with Crippen LogP contribution in [-0.4, -0.2) is 50.5 Å². The maximum Gasteiger partial charge on any atom is 0.0753 e. The summed E-state index contributed by atoms with van der Waals surface area (Å²) in [6, 6.07) is 0. The Hall–Kier alpha value is -0.120. The summed E-state index contributed by atoms with van der Waals surface area (Å²) in [5.74, 6) is 0.648. The van der Waals surface area contributed by atoms with Crippen molar-refractivity contribution in [2.45, 2.75) is 19.4 Å². The minimum absolute atomic E-state index is 0.427. The Morgan fingerprint density at radius 3 is 3.00 bits per heavy atom. The fourth-order valence-corrected chi connectivity index (χ4v) is 2.15. The van der Waals surface area contributed by atoms with E-state index in [-0.39, 0.29) is 0 Å². The number of nitrogens with zero attached hydrogens (tertiary/aromatic N) is 1. The molecule has 3 heteroatoms. The van der Waals surface area contributed by atoms with Crippen LogP contribution < -0.4 is 0 Å². The highest BCUT2D eigenvalue weighted by Gasteiger charge is 2.30. The molecule has 0 bridgehead atoms. The molecule has 0 amide bonds. The Morgan fingerprint density at radius 1 is 1.38 bits per heavy atom. The van der Waals surface area contributed by atoms with Gasteiger partial charge in [-0.25, -0.2) is 0 Å². The molecule has 13 heavy (non-hydrogen) atoms. The summed E-state index contributed by atoms with van der Waals surface area (Å²) in [6.45, 7) is 8.29. The molecule has 2 fully saturated rings. The lowest BCUT2D eigenvalue weighted by Crippen LogP contribution is -2.45. The van der Waals surface area contributed by atoms with E-state index in [1.165, 1.54) is 6.42 Å². The summed E-state index contributed by atoms with van der Waals surface area (Å²) in [5.41, 5.74) is 0. The SMILES string of the molecule is CCN1CCO[C@H]([C@H]2CCOC2)C1. The van der Waals surface area contributed by atoms with Gasteiger partial charge in [-0.05, 0) is 13.0 Å². The first-order valence-corrected chi connectivity index (χ1v) is 5.32. The number of ether oxygens (including phenoxy) is 2. The van der Waals surface area contributed by atoms with Crippen molar-refractivity contribution < 1.29 is 9.47 Å². The van der Waals surface area contributed by atoms with Crippen LogP contribution in [0.25, 0.3) is 0 Å². The molecule has 0 radical (unpaired) electrons. The molecule has 2 rings (SSSR count). The second-order valence-electron chi connectivity index (χ2n) is 3.93. The molecule has 0 saturated carbocycles. The standard InChI is InChI=1S/C10H19NO2/c1-2-11-4-6-13-10(7-11)9-3-5-12-8-9/h9-10H,2-8H2,1H3/t9-,10-/m0/s1. The quantitative estimate of drug-likeness (QED) is 0.633. The van der Waals surface area contributed by atoms with Gasteiger partial charge in [0, 0.05) is 25.6 Å². The Morgan fingerprint density at radius 2 is 2.31 bits per heavy atom. The van der Waals surface area contributed by atoms with E-state index in [1.807, 2.05) is 0 Å². The van der Waals surface area contributed by atoms with Gasteiger partial charge in [-0.1, -0.05) is 6.92 Å². The first-order chi connectivity index (χ1) is 6.40. The van der Waals surface area contributed by atoms with Gasteiger partial charge >= 0.3 is 0 Å². The summed E-state index contributed by atoms with van der Waals surface area (Å²) >= 11 is 0. The first-order valence-electron chi connectivity index (χ1n) is 5.32. The number of rotatable bonds is 2. The lowest BCUT2D eigenvalue weighted by Gasteiger charge is -2.34. The van der Waals surface area contributed by atoms with Crippen molar-refractivity contribution in [2.75, 3.05) is 39.5 Å². The lowest BCUT2D eigenvalue weighted by atomic mass is 10.0. The summed E-state index contributed by atoms with van der Waals surface area (Å²) in [4.78, 5) is 2.46. The van der Waals surface area contributed by atoms with Crippen molar-refractivity contribution in [1.29, 1.82) is 0 Å². The molecular formula is C10H19NO2. The average Bonchev–Trinajstić information content (AvgIpc) is 2.71. The van der Waals surface area contributed by atoms with E-state index >= 15 is 0 Å². The highest BCUT2D eigenvalue weighted by atomic mass is 16.5. The van der Waals surface area contributed by atoms with Gasteiger partial charge in [-0.15, -0.1) is 0 Å². The molecule has 0 aliphatic carbocycles. The molecular weight excluding hydrogens is 166 g/mol. The van der Waals surface area contributed by atoms with Crippen LogP contribution in [0.5, 0.6) is 0 Å². The third kappa shape index (κ3) is 2.22. The normalized spacial score (nSPS) is 36.7. The smallest absolute Gasteiger partial charge is 0.0753 e. The molecule has 76 valence electrons.